The highest BCUT2D eigenvalue weighted by atomic mass is 32.2. The van der Waals surface area contributed by atoms with Gasteiger partial charge in [-0.05, 0) is 68.0 Å². The van der Waals surface area contributed by atoms with E-state index in [2.05, 4.69) is 17.0 Å². The standard InChI is InChI=1S/C23H30N2O3S/c1-4-6-18-7-13-21(14-8-18)29(27,28)25-20-11-9-19(10-12-20)23(15-16-23)22(26)24-17(3)5-2/h7-14,17,25H,4-6,15-16H2,1-3H3,(H,24,26)/t17-/m1/s1. The molecule has 1 aliphatic carbocycles. The molecule has 3 rings (SSSR count). The normalized spacial score (nSPS) is 16.1. The molecule has 0 saturated heterocycles. The maximum atomic E-state index is 12.7. The highest BCUT2D eigenvalue weighted by Crippen LogP contribution is 2.48. The third kappa shape index (κ3) is 4.81. The zero-order valence-electron chi connectivity index (χ0n) is 17.4. The van der Waals surface area contributed by atoms with Crippen molar-refractivity contribution in [2.24, 2.45) is 0 Å². The molecule has 2 aromatic rings. The summed E-state index contributed by atoms with van der Waals surface area (Å²) in [7, 11) is -3.64. The first kappa shape index (κ1) is 21.4. The first-order valence-corrected chi connectivity index (χ1v) is 11.8. The monoisotopic (exact) mass is 414 g/mol. The molecule has 5 nitrogen and oxygen atoms in total. The van der Waals surface area contributed by atoms with E-state index >= 15 is 0 Å². The number of carbonyl (C=O) groups excluding carboxylic acids is 1. The lowest BCUT2D eigenvalue weighted by atomic mass is 9.94. The Labute approximate surface area is 174 Å². The molecule has 0 aromatic heterocycles. The van der Waals surface area contributed by atoms with Crippen molar-refractivity contribution in [2.75, 3.05) is 4.72 Å². The van der Waals surface area contributed by atoms with Gasteiger partial charge in [-0.3, -0.25) is 9.52 Å². The van der Waals surface area contributed by atoms with E-state index in [4.69, 9.17) is 0 Å². The predicted molar refractivity (Wildman–Crippen MR) is 116 cm³/mol. The molecule has 0 spiro atoms. The zero-order chi connectivity index (χ0) is 21.1. The van der Waals surface area contributed by atoms with Crippen molar-refractivity contribution in [3.8, 4) is 0 Å². The fraction of sp³-hybridized carbons (Fsp3) is 0.435. The lowest BCUT2D eigenvalue weighted by Gasteiger charge is -2.19. The number of aryl methyl sites for hydroxylation is 1. The summed E-state index contributed by atoms with van der Waals surface area (Å²) in [6.07, 6.45) is 4.49. The van der Waals surface area contributed by atoms with E-state index in [0.29, 0.717) is 5.69 Å². The maximum absolute atomic E-state index is 12.7. The number of amides is 1. The smallest absolute Gasteiger partial charge is 0.261 e. The van der Waals surface area contributed by atoms with Crippen LogP contribution < -0.4 is 10.0 Å². The Morgan fingerprint density at radius 1 is 1.03 bits per heavy atom. The quantitative estimate of drug-likeness (QED) is 0.639. The van der Waals surface area contributed by atoms with Gasteiger partial charge < -0.3 is 5.32 Å². The minimum atomic E-state index is -3.64. The molecule has 1 atom stereocenters. The highest BCUT2D eigenvalue weighted by molar-refractivity contribution is 7.92. The van der Waals surface area contributed by atoms with Crippen LogP contribution in [0.2, 0.25) is 0 Å². The summed E-state index contributed by atoms with van der Waals surface area (Å²) in [6, 6.07) is 14.3. The molecule has 1 amide bonds. The van der Waals surface area contributed by atoms with Crippen LogP contribution in [0.1, 0.15) is 57.6 Å². The second-order valence-electron chi connectivity index (χ2n) is 7.94. The molecule has 1 aliphatic rings. The van der Waals surface area contributed by atoms with Crippen molar-refractivity contribution in [1.82, 2.24) is 5.32 Å². The van der Waals surface area contributed by atoms with Crippen LogP contribution in [0, 0.1) is 0 Å². The average molecular weight is 415 g/mol. The van der Waals surface area contributed by atoms with Crippen LogP contribution in [0.15, 0.2) is 53.4 Å². The summed E-state index contributed by atoms with van der Waals surface area (Å²) in [4.78, 5) is 12.9. The zero-order valence-corrected chi connectivity index (χ0v) is 18.2. The van der Waals surface area contributed by atoms with Gasteiger partial charge in [0.05, 0.1) is 10.3 Å². The van der Waals surface area contributed by atoms with Crippen molar-refractivity contribution in [1.29, 1.82) is 0 Å². The van der Waals surface area contributed by atoms with Gasteiger partial charge in [-0.1, -0.05) is 44.5 Å². The molecule has 1 saturated carbocycles. The molecule has 1 fully saturated rings. The maximum Gasteiger partial charge on any atom is 0.261 e. The van der Waals surface area contributed by atoms with E-state index in [9.17, 15) is 13.2 Å². The van der Waals surface area contributed by atoms with Gasteiger partial charge in [0, 0.05) is 11.7 Å². The van der Waals surface area contributed by atoms with Crippen LogP contribution >= 0.6 is 0 Å². The van der Waals surface area contributed by atoms with E-state index in [-0.39, 0.29) is 16.8 Å². The Balaban J connectivity index is 1.71. The van der Waals surface area contributed by atoms with Gasteiger partial charge >= 0.3 is 0 Å². The topological polar surface area (TPSA) is 75.3 Å². The van der Waals surface area contributed by atoms with Crippen LogP contribution in [0.4, 0.5) is 5.69 Å². The average Bonchev–Trinajstić information content (AvgIpc) is 3.51. The summed E-state index contributed by atoms with van der Waals surface area (Å²) in [5.41, 5.74) is 2.09. The number of carbonyl (C=O) groups is 1. The fourth-order valence-electron chi connectivity index (χ4n) is 3.43. The van der Waals surface area contributed by atoms with Gasteiger partial charge in [-0.25, -0.2) is 8.42 Å². The first-order valence-electron chi connectivity index (χ1n) is 10.3. The Hall–Kier alpha value is -2.34. The molecule has 6 heteroatoms. The molecule has 29 heavy (non-hydrogen) atoms. The molecule has 0 radical (unpaired) electrons. The minimum Gasteiger partial charge on any atom is -0.353 e. The van der Waals surface area contributed by atoms with Crippen LogP contribution in [0.5, 0.6) is 0 Å². The summed E-state index contributed by atoms with van der Waals surface area (Å²) in [5, 5.41) is 3.07. The Bertz CT molecular complexity index is 947. The molecule has 2 aromatic carbocycles. The number of hydrogen-bond donors (Lipinski definition) is 2. The molecule has 2 N–H and O–H groups in total. The van der Waals surface area contributed by atoms with Crippen LogP contribution in [0.25, 0.3) is 0 Å². The van der Waals surface area contributed by atoms with Gasteiger partial charge in [-0.2, -0.15) is 0 Å². The summed E-state index contributed by atoms with van der Waals surface area (Å²) in [6.45, 7) is 6.14. The lowest BCUT2D eigenvalue weighted by Crippen LogP contribution is -2.39. The van der Waals surface area contributed by atoms with E-state index in [1.807, 2.05) is 38.1 Å². The third-order valence-corrected chi connectivity index (χ3v) is 7.03. The van der Waals surface area contributed by atoms with Crippen LogP contribution in [0.3, 0.4) is 0 Å². The van der Waals surface area contributed by atoms with E-state index in [1.165, 1.54) is 0 Å². The van der Waals surface area contributed by atoms with Crippen molar-refractivity contribution >= 4 is 21.6 Å². The number of sulfonamides is 1. The van der Waals surface area contributed by atoms with Crippen molar-refractivity contribution in [2.45, 2.75) is 69.2 Å². The van der Waals surface area contributed by atoms with E-state index in [0.717, 1.165) is 43.2 Å². The van der Waals surface area contributed by atoms with E-state index in [1.54, 1.807) is 24.3 Å². The SMILES string of the molecule is CCCc1ccc(S(=O)(=O)Nc2ccc(C3(C(=O)N[C@H](C)CC)CC3)cc2)cc1. The van der Waals surface area contributed by atoms with Gasteiger partial charge in [0.1, 0.15) is 0 Å². The first-order chi connectivity index (χ1) is 13.8. The number of hydrogen-bond acceptors (Lipinski definition) is 3. The molecule has 0 heterocycles. The lowest BCUT2D eigenvalue weighted by molar-refractivity contribution is -0.124. The summed E-state index contributed by atoms with van der Waals surface area (Å²) < 4.78 is 27.9. The van der Waals surface area contributed by atoms with Gasteiger partial charge in [-0.15, -0.1) is 0 Å². The number of nitrogens with one attached hydrogen (secondary N) is 2. The van der Waals surface area contributed by atoms with E-state index < -0.39 is 15.4 Å². The Morgan fingerprint density at radius 2 is 1.66 bits per heavy atom. The van der Waals surface area contributed by atoms with Gasteiger partial charge in [0.25, 0.3) is 10.0 Å². The van der Waals surface area contributed by atoms with Crippen LogP contribution in [-0.4, -0.2) is 20.4 Å². The van der Waals surface area contributed by atoms with Crippen molar-refractivity contribution in [3.63, 3.8) is 0 Å². The summed E-state index contributed by atoms with van der Waals surface area (Å²) in [5.74, 6) is 0.0624. The number of anilines is 1. The molecule has 0 unspecified atom stereocenters. The molecule has 0 bridgehead atoms. The fourth-order valence-corrected chi connectivity index (χ4v) is 4.49. The minimum absolute atomic E-state index is 0.0624. The van der Waals surface area contributed by atoms with Gasteiger partial charge in [0.15, 0.2) is 0 Å². The molecular weight excluding hydrogens is 384 g/mol. The molecular formula is C23H30N2O3S. The third-order valence-electron chi connectivity index (χ3n) is 5.64. The number of rotatable bonds is 9. The van der Waals surface area contributed by atoms with Crippen molar-refractivity contribution in [3.05, 3.63) is 59.7 Å². The second-order valence-corrected chi connectivity index (χ2v) is 9.62. The largest absolute Gasteiger partial charge is 0.353 e. The van der Waals surface area contributed by atoms with Gasteiger partial charge in [0.2, 0.25) is 5.91 Å². The predicted octanol–water partition coefficient (Wildman–Crippen LogP) is 4.39. The Kier molecular flexibility index (Phi) is 6.32. The molecule has 0 aliphatic heterocycles. The summed E-state index contributed by atoms with van der Waals surface area (Å²) >= 11 is 0. The van der Waals surface area contributed by atoms with Crippen LogP contribution in [-0.2, 0) is 26.7 Å². The highest BCUT2D eigenvalue weighted by Gasteiger charge is 2.51. The number of benzene rings is 2. The molecule has 156 valence electrons. The second kappa shape index (κ2) is 8.57. The Morgan fingerprint density at radius 3 is 2.17 bits per heavy atom. The van der Waals surface area contributed by atoms with Crippen molar-refractivity contribution < 1.29 is 13.2 Å².